The summed E-state index contributed by atoms with van der Waals surface area (Å²) in [6.45, 7) is 3.67. The molecule has 0 radical (unpaired) electrons. The summed E-state index contributed by atoms with van der Waals surface area (Å²) in [6.07, 6.45) is 6.62. The van der Waals surface area contributed by atoms with Gasteiger partial charge in [0.1, 0.15) is 5.56 Å². The maximum Gasteiger partial charge on any atom is 0.414 e. The standard InChI is InChI=1S/C20H26N4O4S.C2H2O4/c1-2-28-19-18(6-5-9-22-19)20(25)23(16-17-7-10-21-11-8-17)14-15-29(26,27)24-12-3-4-13-24;3-1(4)2(5)6/h5-11H,2-4,12-16H2,1H3;(H,3,4)(H,5,6). The van der Waals surface area contributed by atoms with E-state index in [-0.39, 0.29) is 30.6 Å². The predicted molar refractivity (Wildman–Crippen MR) is 124 cm³/mol. The Hall–Kier alpha value is -3.58. The Balaban J connectivity index is 0.000000641. The Morgan fingerprint density at radius 1 is 1.06 bits per heavy atom. The molecule has 0 spiro atoms. The van der Waals surface area contributed by atoms with Crippen molar-refractivity contribution in [2.75, 3.05) is 32.0 Å². The molecule has 1 amide bonds. The molecule has 2 aromatic rings. The van der Waals surface area contributed by atoms with Crippen molar-refractivity contribution >= 4 is 27.9 Å². The zero-order valence-corrected chi connectivity index (χ0v) is 20.1. The number of aliphatic carboxylic acids is 2. The molecular weight excluding hydrogens is 480 g/mol. The zero-order chi connectivity index (χ0) is 25.8. The van der Waals surface area contributed by atoms with Crippen LogP contribution in [0.4, 0.5) is 0 Å². The lowest BCUT2D eigenvalue weighted by atomic mass is 10.2. The molecule has 3 rings (SSSR count). The van der Waals surface area contributed by atoms with Gasteiger partial charge in [0.25, 0.3) is 5.91 Å². The Bertz CT molecular complexity index is 1090. The van der Waals surface area contributed by atoms with Gasteiger partial charge >= 0.3 is 11.9 Å². The first kappa shape index (κ1) is 27.7. The maximum absolute atomic E-state index is 13.3. The van der Waals surface area contributed by atoms with E-state index in [2.05, 4.69) is 9.97 Å². The minimum absolute atomic E-state index is 0.0838. The van der Waals surface area contributed by atoms with Crippen molar-refractivity contribution in [1.82, 2.24) is 19.2 Å². The second kappa shape index (κ2) is 13.3. The summed E-state index contributed by atoms with van der Waals surface area (Å²) in [7, 11) is -3.40. The van der Waals surface area contributed by atoms with Crippen molar-refractivity contribution < 1.29 is 37.8 Å². The van der Waals surface area contributed by atoms with Crippen molar-refractivity contribution in [3.63, 3.8) is 0 Å². The van der Waals surface area contributed by atoms with E-state index in [1.807, 2.05) is 19.1 Å². The number of carbonyl (C=O) groups excluding carboxylic acids is 1. The van der Waals surface area contributed by atoms with Crippen molar-refractivity contribution in [3.8, 4) is 5.88 Å². The second-order valence-corrected chi connectivity index (χ2v) is 9.49. The number of ether oxygens (including phenoxy) is 1. The molecule has 0 aromatic carbocycles. The smallest absolute Gasteiger partial charge is 0.414 e. The Morgan fingerprint density at radius 2 is 1.69 bits per heavy atom. The van der Waals surface area contributed by atoms with Crippen LogP contribution in [0.15, 0.2) is 42.9 Å². The Kier molecular flexibility index (Phi) is 10.5. The normalized spacial score (nSPS) is 13.4. The molecule has 2 N–H and O–H groups in total. The molecular formula is C22H28N4O8S. The molecule has 190 valence electrons. The van der Waals surface area contributed by atoms with Crippen LogP contribution < -0.4 is 4.74 Å². The summed E-state index contributed by atoms with van der Waals surface area (Å²) in [5, 5.41) is 14.8. The average Bonchev–Trinajstić information content (AvgIpc) is 3.39. The summed E-state index contributed by atoms with van der Waals surface area (Å²) < 4.78 is 32.3. The van der Waals surface area contributed by atoms with Gasteiger partial charge < -0.3 is 19.8 Å². The van der Waals surface area contributed by atoms with Crippen LogP contribution in [0.5, 0.6) is 5.88 Å². The molecule has 0 unspecified atom stereocenters. The number of carboxylic acid groups (broad SMARTS) is 2. The fourth-order valence-corrected chi connectivity index (χ4v) is 4.78. The average molecular weight is 509 g/mol. The van der Waals surface area contributed by atoms with Gasteiger partial charge in [-0.15, -0.1) is 0 Å². The lowest BCUT2D eigenvalue weighted by Gasteiger charge is -2.25. The fraction of sp³-hybridized carbons (Fsp3) is 0.409. The Morgan fingerprint density at radius 3 is 2.26 bits per heavy atom. The number of aromatic nitrogens is 2. The molecule has 0 atom stereocenters. The second-order valence-electron chi connectivity index (χ2n) is 7.40. The number of sulfonamides is 1. The van der Waals surface area contributed by atoms with E-state index >= 15 is 0 Å². The quantitative estimate of drug-likeness (QED) is 0.468. The summed E-state index contributed by atoms with van der Waals surface area (Å²) in [6, 6.07) is 6.93. The summed E-state index contributed by atoms with van der Waals surface area (Å²) >= 11 is 0. The van der Waals surface area contributed by atoms with Crippen LogP contribution in [0, 0.1) is 0 Å². The molecule has 1 saturated heterocycles. The van der Waals surface area contributed by atoms with Crippen LogP contribution in [0.3, 0.4) is 0 Å². The molecule has 2 aromatic heterocycles. The molecule has 12 nitrogen and oxygen atoms in total. The molecule has 0 bridgehead atoms. The van der Waals surface area contributed by atoms with Gasteiger partial charge in [-0.1, -0.05) is 0 Å². The van der Waals surface area contributed by atoms with E-state index in [0.29, 0.717) is 25.3 Å². The van der Waals surface area contributed by atoms with Gasteiger partial charge in [0.05, 0.1) is 12.4 Å². The molecule has 1 aliphatic heterocycles. The molecule has 1 fully saturated rings. The SMILES string of the molecule is CCOc1ncccc1C(=O)N(CCS(=O)(=O)N1CCCC1)Cc1ccncc1.O=C(O)C(=O)O. The minimum atomic E-state index is -3.40. The van der Waals surface area contributed by atoms with Crippen molar-refractivity contribution in [2.24, 2.45) is 0 Å². The first-order valence-electron chi connectivity index (χ1n) is 10.9. The van der Waals surface area contributed by atoms with E-state index in [1.165, 1.54) is 9.21 Å². The lowest BCUT2D eigenvalue weighted by molar-refractivity contribution is -0.159. The monoisotopic (exact) mass is 508 g/mol. The number of hydrogen-bond donors (Lipinski definition) is 2. The van der Waals surface area contributed by atoms with Crippen LogP contribution >= 0.6 is 0 Å². The highest BCUT2D eigenvalue weighted by Crippen LogP contribution is 2.19. The van der Waals surface area contributed by atoms with Crippen molar-refractivity contribution in [1.29, 1.82) is 0 Å². The van der Waals surface area contributed by atoms with Gasteiger partial charge in [-0.2, -0.15) is 0 Å². The minimum Gasteiger partial charge on any atom is -0.477 e. The highest BCUT2D eigenvalue weighted by Gasteiger charge is 2.28. The molecule has 35 heavy (non-hydrogen) atoms. The van der Waals surface area contributed by atoms with Crippen molar-refractivity contribution in [3.05, 3.63) is 54.0 Å². The third-order valence-electron chi connectivity index (χ3n) is 4.95. The zero-order valence-electron chi connectivity index (χ0n) is 19.2. The summed E-state index contributed by atoms with van der Waals surface area (Å²) in [4.78, 5) is 41.1. The van der Waals surface area contributed by atoms with E-state index < -0.39 is 22.0 Å². The summed E-state index contributed by atoms with van der Waals surface area (Å²) in [5.41, 5.74) is 1.19. The number of hydrogen-bond acceptors (Lipinski definition) is 8. The van der Waals surface area contributed by atoms with Crippen molar-refractivity contribution in [2.45, 2.75) is 26.3 Å². The lowest BCUT2D eigenvalue weighted by Crippen LogP contribution is -2.39. The maximum atomic E-state index is 13.3. The van der Waals surface area contributed by atoms with Gasteiger partial charge in [-0.25, -0.2) is 27.3 Å². The van der Waals surface area contributed by atoms with Crippen LogP contribution in [-0.2, 0) is 26.2 Å². The number of amides is 1. The van der Waals surface area contributed by atoms with E-state index in [1.54, 1.807) is 30.7 Å². The molecule has 1 aliphatic rings. The number of carboxylic acids is 2. The number of carbonyl (C=O) groups is 3. The van der Waals surface area contributed by atoms with Gasteiger partial charge in [-0.05, 0) is 49.6 Å². The number of pyridine rings is 2. The van der Waals surface area contributed by atoms with Crippen LogP contribution in [0.1, 0.15) is 35.7 Å². The summed E-state index contributed by atoms with van der Waals surface area (Å²) in [5.74, 6) is -3.82. The number of rotatable bonds is 9. The topological polar surface area (TPSA) is 167 Å². The molecule has 3 heterocycles. The molecule has 13 heteroatoms. The van der Waals surface area contributed by atoms with Gasteiger partial charge in [0, 0.05) is 44.8 Å². The fourth-order valence-electron chi connectivity index (χ4n) is 3.26. The molecule has 0 aliphatic carbocycles. The predicted octanol–water partition coefficient (Wildman–Crippen LogP) is 1.10. The van der Waals surface area contributed by atoms with Gasteiger partial charge in [-0.3, -0.25) is 9.78 Å². The largest absolute Gasteiger partial charge is 0.477 e. The third-order valence-corrected chi connectivity index (χ3v) is 6.80. The van der Waals surface area contributed by atoms with Crippen LogP contribution in [0.2, 0.25) is 0 Å². The van der Waals surface area contributed by atoms with Crippen LogP contribution in [0.25, 0.3) is 0 Å². The van der Waals surface area contributed by atoms with Gasteiger partial charge in [0.2, 0.25) is 15.9 Å². The molecule has 0 saturated carbocycles. The Labute approximate surface area is 203 Å². The van der Waals surface area contributed by atoms with Crippen LogP contribution in [-0.4, -0.2) is 87.6 Å². The van der Waals surface area contributed by atoms with E-state index in [4.69, 9.17) is 24.5 Å². The highest BCUT2D eigenvalue weighted by molar-refractivity contribution is 7.89. The van der Waals surface area contributed by atoms with Gasteiger partial charge in [0.15, 0.2) is 0 Å². The first-order valence-corrected chi connectivity index (χ1v) is 12.5. The number of nitrogens with zero attached hydrogens (tertiary/aromatic N) is 4. The highest BCUT2D eigenvalue weighted by atomic mass is 32.2. The van der Waals surface area contributed by atoms with E-state index in [0.717, 1.165) is 18.4 Å². The van der Waals surface area contributed by atoms with E-state index in [9.17, 15) is 13.2 Å². The third kappa shape index (κ3) is 8.61. The first-order chi connectivity index (χ1) is 16.7.